The number of thiazole rings is 1. The predicted octanol–water partition coefficient (Wildman–Crippen LogP) is 4.12. The number of nitrogens with one attached hydrogen (secondary N) is 1. The van der Waals surface area contributed by atoms with Crippen molar-refractivity contribution < 1.29 is 22.7 Å². The third-order valence-corrected chi connectivity index (χ3v) is 7.74. The lowest BCUT2D eigenvalue weighted by atomic mass is 10.1. The number of nitrogens with zero attached hydrogens (tertiary/aromatic N) is 3. The molecule has 0 bridgehead atoms. The van der Waals surface area contributed by atoms with Gasteiger partial charge in [-0.2, -0.15) is 10.2 Å². The SMILES string of the molecule is CCS(=O)(=O)c1ccc(C(Oc2ccc(C#N)cc2)C(=O)Nc2nc3ncc(OC)cc3s2)cc1. The van der Waals surface area contributed by atoms with E-state index in [1.807, 2.05) is 6.07 Å². The number of aromatic nitrogens is 2. The highest BCUT2D eigenvalue weighted by Gasteiger charge is 2.25. The highest BCUT2D eigenvalue weighted by atomic mass is 32.2. The lowest BCUT2D eigenvalue weighted by molar-refractivity contribution is -0.123. The van der Waals surface area contributed by atoms with Crippen molar-refractivity contribution >= 4 is 42.6 Å². The Bertz CT molecular complexity index is 1510. The molecule has 178 valence electrons. The first-order valence-electron chi connectivity index (χ1n) is 10.4. The molecule has 0 saturated carbocycles. The molecule has 1 amide bonds. The van der Waals surface area contributed by atoms with Crippen molar-refractivity contribution in [2.45, 2.75) is 17.9 Å². The van der Waals surface area contributed by atoms with Crippen LogP contribution in [-0.4, -0.2) is 37.2 Å². The molecule has 2 aromatic carbocycles. The number of fused-ring (bicyclic) bond motifs is 1. The van der Waals surface area contributed by atoms with Gasteiger partial charge in [-0.05, 0) is 36.4 Å². The number of pyridine rings is 1. The van der Waals surface area contributed by atoms with Crippen LogP contribution < -0.4 is 14.8 Å². The van der Waals surface area contributed by atoms with Crippen LogP contribution in [0.5, 0.6) is 11.5 Å². The molecule has 2 aromatic heterocycles. The topological polar surface area (TPSA) is 131 Å². The Balaban J connectivity index is 1.64. The van der Waals surface area contributed by atoms with Gasteiger partial charge in [0, 0.05) is 11.6 Å². The first kappa shape index (κ1) is 24.1. The highest BCUT2D eigenvalue weighted by Crippen LogP contribution is 2.30. The Morgan fingerprint density at radius 3 is 2.49 bits per heavy atom. The third kappa shape index (κ3) is 5.40. The molecule has 4 rings (SSSR count). The average molecular weight is 509 g/mol. The quantitative estimate of drug-likeness (QED) is 0.376. The van der Waals surface area contributed by atoms with E-state index in [0.29, 0.717) is 33.4 Å². The van der Waals surface area contributed by atoms with Gasteiger partial charge in [0.05, 0.1) is 40.3 Å². The molecular weight excluding hydrogens is 488 g/mol. The van der Waals surface area contributed by atoms with E-state index in [1.165, 1.54) is 36.8 Å². The standard InChI is InChI=1S/C24H20N4O5S2/c1-3-35(30,31)19-10-6-16(7-11-19)21(33-17-8-4-15(13-25)5-9-17)23(29)28-24-27-22-20(34-24)12-18(32-2)14-26-22/h4-12,14,21H,3H2,1-2H3,(H,26,27,28,29). The fourth-order valence-electron chi connectivity index (χ4n) is 3.17. The summed E-state index contributed by atoms with van der Waals surface area (Å²) in [6.07, 6.45) is 0.423. The van der Waals surface area contributed by atoms with Crippen LogP contribution in [0.15, 0.2) is 65.7 Å². The second-order valence-electron chi connectivity index (χ2n) is 7.31. The smallest absolute Gasteiger partial charge is 0.271 e. The lowest BCUT2D eigenvalue weighted by Gasteiger charge is -2.19. The van der Waals surface area contributed by atoms with Crippen LogP contribution in [0.4, 0.5) is 5.13 Å². The molecule has 35 heavy (non-hydrogen) atoms. The molecule has 1 atom stereocenters. The minimum Gasteiger partial charge on any atom is -0.495 e. The zero-order valence-electron chi connectivity index (χ0n) is 18.8. The summed E-state index contributed by atoms with van der Waals surface area (Å²) in [5.41, 5.74) is 1.36. The van der Waals surface area contributed by atoms with Crippen molar-refractivity contribution in [2.75, 3.05) is 18.2 Å². The van der Waals surface area contributed by atoms with Gasteiger partial charge in [0.1, 0.15) is 11.5 Å². The number of hydrogen-bond donors (Lipinski definition) is 1. The normalized spacial score (nSPS) is 12.0. The number of anilines is 1. The molecule has 0 aliphatic carbocycles. The van der Waals surface area contributed by atoms with Crippen molar-refractivity contribution in [3.63, 3.8) is 0 Å². The third-order valence-electron chi connectivity index (χ3n) is 5.09. The van der Waals surface area contributed by atoms with Gasteiger partial charge in [0.25, 0.3) is 5.91 Å². The van der Waals surface area contributed by atoms with Crippen LogP contribution >= 0.6 is 11.3 Å². The predicted molar refractivity (Wildman–Crippen MR) is 131 cm³/mol. The summed E-state index contributed by atoms with van der Waals surface area (Å²) in [4.78, 5) is 22.0. The number of amides is 1. The van der Waals surface area contributed by atoms with Crippen LogP contribution in [0.3, 0.4) is 0 Å². The van der Waals surface area contributed by atoms with Gasteiger partial charge >= 0.3 is 0 Å². The number of methoxy groups -OCH3 is 1. The first-order valence-corrected chi connectivity index (χ1v) is 12.9. The largest absolute Gasteiger partial charge is 0.495 e. The maximum Gasteiger partial charge on any atom is 0.271 e. The average Bonchev–Trinajstić information content (AvgIpc) is 3.28. The molecule has 0 radical (unpaired) electrons. The summed E-state index contributed by atoms with van der Waals surface area (Å²) >= 11 is 1.23. The van der Waals surface area contributed by atoms with Gasteiger partial charge in [-0.15, -0.1) is 0 Å². The summed E-state index contributed by atoms with van der Waals surface area (Å²) in [5, 5.41) is 12.1. The summed E-state index contributed by atoms with van der Waals surface area (Å²) in [5.74, 6) is 0.397. The van der Waals surface area contributed by atoms with Crippen LogP contribution in [0.25, 0.3) is 10.3 Å². The number of nitriles is 1. The molecule has 1 unspecified atom stereocenters. The number of sulfone groups is 1. The zero-order valence-corrected chi connectivity index (χ0v) is 20.4. The van der Waals surface area contributed by atoms with E-state index >= 15 is 0 Å². The number of carbonyl (C=O) groups excluding carboxylic acids is 1. The second kappa shape index (κ2) is 10.1. The minimum absolute atomic E-state index is 0.0333. The van der Waals surface area contributed by atoms with Crippen molar-refractivity contribution in [3.8, 4) is 17.6 Å². The maximum atomic E-state index is 13.3. The maximum absolute atomic E-state index is 13.3. The Kier molecular flexibility index (Phi) is 6.95. The van der Waals surface area contributed by atoms with Gasteiger partial charge in [-0.1, -0.05) is 30.4 Å². The second-order valence-corrected chi connectivity index (χ2v) is 10.6. The van der Waals surface area contributed by atoms with E-state index in [0.717, 1.165) is 4.70 Å². The Morgan fingerprint density at radius 2 is 1.86 bits per heavy atom. The summed E-state index contributed by atoms with van der Waals surface area (Å²) in [7, 11) is -1.86. The van der Waals surface area contributed by atoms with Crippen LogP contribution in [0.1, 0.15) is 24.2 Å². The van der Waals surface area contributed by atoms with E-state index in [1.54, 1.807) is 49.4 Å². The molecule has 0 aliphatic rings. The van der Waals surface area contributed by atoms with Crippen molar-refractivity contribution in [1.82, 2.24) is 9.97 Å². The van der Waals surface area contributed by atoms with E-state index < -0.39 is 21.8 Å². The van der Waals surface area contributed by atoms with Crippen LogP contribution in [-0.2, 0) is 14.6 Å². The van der Waals surface area contributed by atoms with Crippen molar-refractivity contribution in [2.24, 2.45) is 0 Å². The van der Waals surface area contributed by atoms with Gasteiger partial charge in [0.2, 0.25) is 6.10 Å². The van der Waals surface area contributed by atoms with E-state index in [4.69, 9.17) is 14.7 Å². The Hall–Kier alpha value is -4.01. The molecule has 1 N–H and O–H groups in total. The molecule has 2 heterocycles. The Morgan fingerprint density at radius 1 is 1.14 bits per heavy atom. The van der Waals surface area contributed by atoms with Gasteiger partial charge in [-0.3, -0.25) is 10.1 Å². The van der Waals surface area contributed by atoms with E-state index in [2.05, 4.69) is 15.3 Å². The fraction of sp³-hybridized carbons (Fsp3) is 0.167. The van der Waals surface area contributed by atoms with Crippen molar-refractivity contribution in [1.29, 1.82) is 5.26 Å². The van der Waals surface area contributed by atoms with Gasteiger partial charge in [0.15, 0.2) is 20.6 Å². The van der Waals surface area contributed by atoms with Gasteiger partial charge < -0.3 is 9.47 Å². The van der Waals surface area contributed by atoms with E-state index in [9.17, 15) is 13.2 Å². The first-order chi connectivity index (χ1) is 16.8. The summed E-state index contributed by atoms with van der Waals surface area (Å²) in [6, 6.07) is 16.1. The molecule has 11 heteroatoms. The number of benzene rings is 2. The van der Waals surface area contributed by atoms with Crippen LogP contribution in [0, 0.1) is 11.3 Å². The molecule has 0 fully saturated rings. The monoisotopic (exact) mass is 508 g/mol. The number of rotatable bonds is 8. The van der Waals surface area contributed by atoms with Gasteiger partial charge in [-0.25, -0.2) is 13.4 Å². The van der Waals surface area contributed by atoms with Crippen molar-refractivity contribution in [3.05, 3.63) is 71.9 Å². The molecule has 4 aromatic rings. The molecule has 0 spiro atoms. The Labute approximate surface area is 205 Å². The van der Waals surface area contributed by atoms with E-state index in [-0.39, 0.29) is 10.6 Å². The summed E-state index contributed by atoms with van der Waals surface area (Å²) in [6.45, 7) is 1.57. The highest BCUT2D eigenvalue weighted by molar-refractivity contribution is 7.91. The summed E-state index contributed by atoms with van der Waals surface area (Å²) < 4.78 is 36.2. The minimum atomic E-state index is -3.39. The lowest BCUT2D eigenvalue weighted by Crippen LogP contribution is -2.25. The molecular formula is C24H20N4O5S2. The van der Waals surface area contributed by atoms with Crippen LogP contribution in [0.2, 0.25) is 0 Å². The molecule has 9 nitrogen and oxygen atoms in total. The number of carbonyl (C=O) groups is 1. The fourth-order valence-corrected chi connectivity index (χ4v) is 4.91. The number of ether oxygens (including phenoxy) is 2. The zero-order chi connectivity index (χ0) is 25.0. The molecule has 0 saturated heterocycles. The number of hydrogen-bond acceptors (Lipinski definition) is 9. The molecule has 0 aliphatic heterocycles.